The van der Waals surface area contributed by atoms with E-state index in [4.69, 9.17) is 26.5 Å². The highest BCUT2D eigenvalue weighted by Crippen LogP contribution is 2.09. The molecule has 0 bridgehead atoms. The van der Waals surface area contributed by atoms with Crippen LogP contribution in [0.15, 0.2) is 12.2 Å². The predicted octanol–water partition coefficient (Wildman–Crippen LogP) is -0.990. The number of amidine groups is 1. The molecule has 0 aromatic heterocycles. The molecule has 1 unspecified atom stereocenters. The molecular formula is C13H24ClN3O6. The van der Waals surface area contributed by atoms with Crippen molar-refractivity contribution in [3.63, 3.8) is 0 Å². The SMILES string of the molecule is C[C@](N)(CC/C=C\CNC(=N)C(=O)OCC(O)CO)C(=O)O.Cl. The normalized spacial score (nSPS) is 14.4. The van der Waals surface area contributed by atoms with Gasteiger partial charge in [0.25, 0.3) is 0 Å². The van der Waals surface area contributed by atoms with Gasteiger partial charge in [0.2, 0.25) is 5.84 Å². The third-order valence-electron chi connectivity index (χ3n) is 2.70. The van der Waals surface area contributed by atoms with Gasteiger partial charge in [0.15, 0.2) is 0 Å². The van der Waals surface area contributed by atoms with Crippen LogP contribution in [0.3, 0.4) is 0 Å². The van der Waals surface area contributed by atoms with Gasteiger partial charge in [-0.1, -0.05) is 12.2 Å². The van der Waals surface area contributed by atoms with Crippen LogP contribution < -0.4 is 11.1 Å². The molecule has 0 aromatic carbocycles. The van der Waals surface area contributed by atoms with Crippen molar-refractivity contribution >= 4 is 30.2 Å². The summed E-state index contributed by atoms with van der Waals surface area (Å²) in [6, 6.07) is 0. The smallest absolute Gasteiger partial charge is 0.373 e. The lowest BCUT2D eigenvalue weighted by Crippen LogP contribution is -2.44. The van der Waals surface area contributed by atoms with Crippen molar-refractivity contribution in [3.05, 3.63) is 12.2 Å². The summed E-state index contributed by atoms with van der Waals surface area (Å²) in [5, 5.41) is 36.2. The number of rotatable bonds is 9. The van der Waals surface area contributed by atoms with Gasteiger partial charge < -0.3 is 31.1 Å². The number of carbonyl (C=O) groups is 2. The summed E-state index contributed by atoms with van der Waals surface area (Å²) >= 11 is 0. The van der Waals surface area contributed by atoms with Crippen LogP contribution >= 0.6 is 12.4 Å². The number of carboxylic acids is 1. The van der Waals surface area contributed by atoms with Crippen LogP contribution in [0, 0.1) is 5.41 Å². The number of aliphatic hydroxyl groups excluding tert-OH is 2. The topological polar surface area (TPSA) is 166 Å². The molecule has 9 nitrogen and oxygen atoms in total. The Morgan fingerprint density at radius 2 is 2.04 bits per heavy atom. The standard InChI is InChI=1S/C13H23N3O6.ClH/c1-13(15,12(20)21)5-3-2-4-6-16-10(14)11(19)22-8-9(18)7-17;/h2,4,9,17-18H,3,5-8,15H2,1H3,(H2,14,16)(H,20,21);1H/b4-2-;/t9?,13-;/m0./s1. The molecule has 0 rings (SSSR count). The van der Waals surface area contributed by atoms with Crippen molar-refractivity contribution in [2.75, 3.05) is 19.8 Å². The number of allylic oxidation sites excluding steroid dienone is 1. The van der Waals surface area contributed by atoms with E-state index < -0.39 is 36.0 Å². The third kappa shape index (κ3) is 10.6. The second-order valence-electron chi connectivity index (χ2n) is 4.92. The number of halogens is 1. The molecule has 0 saturated heterocycles. The van der Waals surface area contributed by atoms with E-state index in [1.165, 1.54) is 6.92 Å². The van der Waals surface area contributed by atoms with Gasteiger partial charge in [-0.05, 0) is 19.8 Å². The number of carboxylic acid groups (broad SMARTS) is 1. The largest absolute Gasteiger partial charge is 0.480 e. The first-order valence-electron chi connectivity index (χ1n) is 6.66. The summed E-state index contributed by atoms with van der Waals surface area (Å²) in [5.41, 5.74) is 4.26. The van der Waals surface area contributed by atoms with Gasteiger partial charge >= 0.3 is 11.9 Å². The van der Waals surface area contributed by atoms with E-state index in [9.17, 15) is 9.59 Å². The summed E-state index contributed by atoms with van der Waals surface area (Å²) in [6.07, 6.45) is 2.85. The second kappa shape index (κ2) is 11.8. The average molecular weight is 354 g/mol. The van der Waals surface area contributed by atoms with Gasteiger partial charge in [0.05, 0.1) is 6.61 Å². The van der Waals surface area contributed by atoms with Crippen molar-refractivity contribution < 1.29 is 29.6 Å². The maximum absolute atomic E-state index is 11.3. The van der Waals surface area contributed by atoms with E-state index in [1.807, 2.05) is 0 Å². The number of hydrogen-bond acceptors (Lipinski definition) is 7. The van der Waals surface area contributed by atoms with E-state index in [-0.39, 0.29) is 32.0 Å². The van der Waals surface area contributed by atoms with E-state index in [0.29, 0.717) is 6.42 Å². The lowest BCUT2D eigenvalue weighted by atomic mass is 9.97. The number of nitrogens with two attached hydrogens (primary N) is 1. The molecule has 0 aliphatic heterocycles. The zero-order valence-corrected chi connectivity index (χ0v) is 13.6. The molecule has 0 fully saturated rings. The first kappa shape index (κ1) is 23.6. The minimum Gasteiger partial charge on any atom is -0.480 e. The number of aliphatic hydroxyl groups is 2. The first-order valence-corrected chi connectivity index (χ1v) is 6.66. The fourth-order valence-corrected chi connectivity index (χ4v) is 1.22. The summed E-state index contributed by atoms with van der Waals surface area (Å²) in [4.78, 5) is 22.0. The van der Waals surface area contributed by atoms with Crippen LogP contribution in [0.2, 0.25) is 0 Å². The second-order valence-corrected chi connectivity index (χ2v) is 4.92. The molecule has 0 aliphatic rings. The number of ether oxygens (including phenoxy) is 1. The summed E-state index contributed by atoms with van der Waals surface area (Å²) in [5.74, 6) is -2.50. The van der Waals surface area contributed by atoms with Crippen molar-refractivity contribution in [2.24, 2.45) is 5.73 Å². The molecule has 0 aliphatic carbocycles. The van der Waals surface area contributed by atoms with Gasteiger partial charge in [-0.15, -0.1) is 12.4 Å². The van der Waals surface area contributed by atoms with Gasteiger partial charge in [0, 0.05) is 6.54 Å². The zero-order valence-electron chi connectivity index (χ0n) is 12.8. The number of carbonyl (C=O) groups excluding carboxylic acids is 1. The number of hydrogen-bond donors (Lipinski definition) is 6. The molecule has 0 radical (unpaired) electrons. The number of nitrogens with one attached hydrogen (secondary N) is 2. The monoisotopic (exact) mass is 353 g/mol. The van der Waals surface area contributed by atoms with Crippen LogP contribution in [0.4, 0.5) is 0 Å². The van der Waals surface area contributed by atoms with Gasteiger partial charge in [-0.2, -0.15) is 0 Å². The molecule has 2 atom stereocenters. The summed E-state index contributed by atoms with van der Waals surface area (Å²) in [6.45, 7) is 0.686. The van der Waals surface area contributed by atoms with Crippen LogP contribution in [0.1, 0.15) is 19.8 Å². The quantitative estimate of drug-likeness (QED) is 0.133. The molecular weight excluding hydrogens is 330 g/mol. The minimum absolute atomic E-state index is 0. The molecule has 10 heteroatoms. The van der Waals surface area contributed by atoms with E-state index >= 15 is 0 Å². The van der Waals surface area contributed by atoms with Gasteiger partial charge in [-0.3, -0.25) is 10.2 Å². The minimum atomic E-state index is -1.29. The third-order valence-corrected chi connectivity index (χ3v) is 2.70. The van der Waals surface area contributed by atoms with Gasteiger partial charge in [-0.25, -0.2) is 4.79 Å². The van der Waals surface area contributed by atoms with Crippen LogP contribution in [-0.4, -0.2) is 64.5 Å². The van der Waals surface area contributed by atoms with Crippen LogP contribution in [-0.2, 0) is 14.3 Å². The fraction of sp³-hybridized carbons (Fsp3) is 0.615. The summed E-state index contributed by atoms with van der Waals surface area (Å²) < 4.78 is 4.56. The van der Waals surface area contributed by atoms with Crippen molar-refractivity contribution in [1.82, 2.24) is 5.32 Å². The Balaban J connectivity index is 0. The molecule has 134 valence electrons. The van der Waals surface area contributed by atoms with Crippen molar-refractivity contribution in [3.8, 4) is 0 Å². The molecule has 7 N–H and O–H groups in total. The average Bonchev–Trinajstić information content (AvgIpc) is 2.47. The highest BCUT2D eigenvalue weighted by Gasteiger charge is 2.26. The van der Waals surface area contributed by atoms with Crippen molar-refractivity contribution in [1.29, 1.82) is 5.41 Å². The highest BCUT2D eigenvalue weighted by molar-refractivity contribution is 6.33. The lowest BCUT2D eigenvalue weighted by molar-refractivity contribution is -0.143. The number of aliphatic carboxylic acids is 1. The van der Waals surface area contributed by atoms with Gasteiger partial charge in [0.1, 0.15) is 18.2 Å². The molecule has 0 spiro atoms. The Morgan fingerprint density at radius 3 is 2.57 bits per heavy atom. The molecule has 0 aromatic rings. The first-order chi connectivity index (χ1) is 10.2. The van der Waals surface area contributed by atoms with E-state index in [1.54, 1.807) is 12.2 Å². The lowest BCUT2D eigenvalue weighted by Gasteiger charge is -2.17. The molecule has 0 heterocycles. The Morgan fingerprint density at radius 1 is 1.43 bits per heavy atom. The summed E-state index contributed by atoms with van der Waals surface area (Å²) in [7, 11) is 0. The Labute approximate surface area is 140 Å². The molecule has 0 saturated carbocycles. The Hall–Kier alpha value is -1.68. The zero-order chi connectivity index (χ0) is 17.2. The highest BCUT2D eigenvalue weighted by atomic mass is 35.5. The van der Waals surface area contributed by atoms with E-state index in [2.05, 4.69) is 10.1 Å². The number of esters is 1. The molecule has 23 heavy (non-hydrogen) atoms. The maximum Gasteiger partial charge on any atom is 0.373 e. The van der Waals surface area contributed by atoms with E-state index in [0.717, 1.165) is 0 Å². The fourth-order valence-electron chi connectivity index (χ4n) is 1.22. The Kier molecular flexibility index (Phi) is 12.1. The molecule has 0 amide bonds. The van der Waals surface area contributed by atoms with Crippen LogP contribution in [0.25, 0.3) is 0 Å². The predicted molar refractivity (Wildman–Crippen MR) is 85.6 cm³/mol. The van der Waals surface area contributed by atoms with Crippen LogP contribution in [0.5, 0.6) is 0 Å². The van der Waals surface area contributed by atoms with Crippen molar-refractivity contribution in [2.45, 2.75) is 31.4 Å². The Bertz CT molecular complexity index is 428. The maximum atomic E-state index is 11.3.